The first-order valence-electron chi connectivity index (χ1n) is 4.76. The minimum atomic E-state index is 0.496. The quantitative estimate of drug-likeness (QED) is 0.863. The van der Waals surface area contributed by atoms with Gasteiger partial charge in [0.05, 0.1) is 0 Å². The molecule has 0 spiro atoms. The van der Waals surface area contributed by atoms with Crippen molar-refractivity contribution in [2.75, 3.05) is 0 Å². The third-order valence-corrected chi connectivity index (χ3v) is 3.22. The molecule has 1 nitrogen and oxygen atoms in total. The smallest absolute Gasteiger partial charge is 0.0175 e. The predicted molar refractivity (Wildman–Crippen MR) is 58.5 cm³/mol. The molecule has 0 bridgehead atoms. The summed E-state index contributed by atoms with van der Waals surface area (Å²) in [5, 5.41) is 0. The van der Waals surface area contributed by atoms with Crippen LogP contribution >= 0.6 is 15.9 Å². The fourth-order valence-electron chi connectivity index (χ4n) is 1.61. The van der Waals surface area contributed by atoms with E-state index in [1.54, 1.807) is 0 Å². The second kappa shape index (κ2) is 3.81. The molecule has 0 aliphatic heterocycles. The lowest BCUT2D eigenvalue weighted by molar-refractivity contribution is 0.699. The van der Waals surface area contributed by atoms with Crippen LogP contribution in [-0.2, 0) is 6.42 Å². The molecule has 1 aromatic carbocycles. The van der Waals surface area contributed by atoms with E-state index in [1.165, 1.54) is 24.8 Å². The fourth-order valence-corrected chi connectivity index (χ4v) is 1.87. The largest absolute Gasteiger partial charge is 0.327 e. The first kappa shape index (κ1) is 9.22. The van der Waals surface area contributed by atoms with E-state index in [9.17, 15) is 0 Å². The van der Waals surface area contributed by atoms with Crippen LogP contribution in [0, 0.1) is 5.92 Å². The van der Waals surface area contributed by atoms with Crippen LogP contribution in [0.3, 0.4) is 0 Å². The first-order valence-corrected chi connectivity index (χ1v) is 5.55. The lowest BCUT2D eigenvalue weighted by Gasteiger charge is -2.00. The maximum atomic E-state index is 5.75. The Labute approximate surface area is 87.5 Å². The predicted octanol–water partition coefficient (Wildman–Crippen LogP) is 2.73. The third-order valence-electron chi connectivity index (χ3n) is 2.69. The van der Waals surface area contributed by atoms with E-state index < -0.39 is 0 Å². The zero-order chi connectivity index (χ0) is 9.26. The molecular formula is C11H14BrN. The van der Waals surface area contributed by atoms with Gasteiger partial charge in [-0.05, 0) is 42.9 Å². The third kappa shape index (κ3) is 2.55. The van der Waals surface area contributed by atoms with Crippen molar-refractivity contribution in [3.63, 3.8) is 0 Å². The molecule has 2 unspecified atom stereocenters. The Morgan fingerprint density at radius 3 is 2.46 bits per heavy atom. The summed E-state index contributed by atoms with van der Waals surface area (Å²) < 4.78 is 1.15. The van der Waals surface area contributed by atoms with Gasteiger partial charge >= 0.3 is 0 Å². The average molecular weight is 240 g/mol. The fraction of sp³-hybridized carbons (Fsp3) is 0.455. The molecule has 2 heteroatoms. The van der Waals surface area contributed by atoms with Crippen LogP contribution < -0.4 is 5.73 Å². The lowest BCUT2D eigenvalue weighted by atomic mass is 10.1. The monoisotopic (exact) mass is 239 g/mol. The Balaban J connectivity index is 1.84. The molecule has 0 amide bonds. The molecule has 0 saturated heterocycles. The minimum Gasteiger partial charge on any atom is -0.327 e. The summed E-state index contributed by atoms with van der Waals surface area (Å²) in [6.45, 7) is 0. The number of hydrogen-bond acceptors (Lipinski definition) is 1. The number of halogens is 1. The number of aryl methyl sites for hydroxylation is 1. The van der Waals surface area contributed by atoms with E-state index in [-0.39, 0.29) is 0 Å². The van der Waals surface area contributed by atoms with E-state index in [0.717, 1.165) is 10.4 Å². The van der Waals surface area contributed by atoms with E-state index in [4.69, 9.17) is 5.73 Å². The number of nitrogens with two attached hydrogens (primary N) is 1. The highest BCUT2D eigenvalue weighted by Gasteiger charge is 2.32. The van der Waals surface area contributed by atoms with Gasteiger partial charge in [0.2, 0.25) is 0 Å². The first-order chi connectivity index (χ1) is 6.25. The van der Waals surface area contributed by atoms with Crippen molar-refractivity contribution in [1.82, 2.24) is 0 Å². The highest BCUT2D eigenvalue weighted by Crippen LogP contribution is 2.32. The Morgan fingerprint density at radius 2 is 1.92 bits per heavy atom. The molecule has 1 fully saturated rings. The molecule has 1 aliphatic rings. The van der Waals surface area contributed by atoms with E-state index in [0.29, 0.717) is 6.04 Å². The van der Waals surface area contributed by atoms with Gasteiger partial charge in [0, 0.05) is 10.5 Å². The molecule has 2 rings (SSSR count). The zero-order valence-electron chi connectivity index (χ0n) is 7.54. The topological polar surface area (TPSA) is 26.0 Å². The summed E-state index contributed by atoms with van der Waals surface area (Å²) in [6.07, 6.45) is 3.66. The summed E-state index contributed by atoms with van der Waals surface area (Å²) in [4.78, 5) is 0. The Kier molecular flexibility index (Phi) is 2.70. The molecule has 2 atom stereocenters. The Bertz CT molecular complexity index is 281. The molecule has 1 aromatic rings. The zero-order valence-corrected chi connectivity index (χ0v) is 9.13. The van der Waals surface area contributed by atoms with Crippen molar-refractivity contribution < 1.29 is 0 Å². The summed E-state index contributed by atoms with van der Waals surface area (Å²) in [7, 11) is 0. The van der Waals surface area contributed by atoms with Crippen molar-refractivity contribution in [2.45, 2.75) is 25.3 Å². The van der Waals surface area contributed by atoms with Gasteiger partial charge in [0.25, 0.3) is 0 Å². The molecule has 1 saturated carbocycles. The number of rotatable bonds is 3. The molecule has 0 aromatic heterocycles. The van der Waals surface area contributed by atoms with Gasteiger partial charge in [0.1, 0.15) is 0 Å². The van der Waals surface area contributed by atoms with Gasteiger partial charge < -0.3 is 5.73 Å². The van der Waals surface area contributed by atoms with Crippen LogP contribution in [0.1, 0.15) is 18.4 Å². The minimum absolute atomic E-state index is 0.496. The van der Waals surface area contributed by atoms with Crippen LogP contribution in [0.25, 0.3) is 0 Å². The molecular weight excluding hydrogens is 226 g/mol. The van der Waals surface area contributed by atoms with Crippen LogP contribution in [0.15, 0.2) is 28.7 Å². The molecule has 0 heterocycles. The number of benzene rings is 1. The maximum absolute atomic E-state index is 5.75. The van der Waals surface area contributed by atoms with E-state index >= 15 is 0 Å². The normalized spacial score (nSPS) is 26.0. The van der Waals surface area contributed by atoms with Crippen LogP contribution in [0.4, 0.5) is 0 Å². The molecule has 70 valence electrons. The molecule has 0 radical (unpaired) electrons. The summed E-state index contributed by atoms with van der Waals surface area (Å²) in [6, 6.07) is 9.05. The Hall–Kier alpha value is -0.340. The van der Waals surface area contributed by atoms with Crippen molar-refractivity contribution in [1.29, 1.82) is 0 Å². The summed E-state index contributed by atoms with van der Waals surface area (Å²) in [5.74, 6) is 0.795. The maximum Gasteiger partial charge on any atom is 0.0175 e. The summed E-state index contributed by atoms with van der Waals surface area (Å²) >= 11 is 3.43. The number of hydrogen-bond donors (Lipinski definition) is 1. The van der Waals surface area contributed by atoms with Crippen LogP contribution in [0.5, 0.6) is 0 Å². The van der Waals surface area contributed by atoms with E-state index in [2.05, 4.69) is 40.2 Å². The van der Waals surface area contributed by atoms with Gasteiger partial charge in [-0.3, -0.25) is 0 Å². The van der Waals surface area contributed by atoms with Crippen molar-refractivity contribution in [2.24, 2.45) is 11.7 Å². The van der Waals surface area contributed by atoms with E-state index in [1.807, 2.05) is 0 Å². The van der Waals surface area contributed by atoms with Gasteiger partial charge in [-0.15, -0.1) is 0 Å². The van der Waals surface area contributed by atoms with Crippen molar-refractivity contribution in [3.05, 3.63) is 34.3 Å². The highest BCUT2D eigenvalue weighted by molar-refractivity contribution is 9.10. The van der Waals surface area contributed by atoms with Crippen LogP contribution in [0.2, 0.25) is 0 Å². The second-order valence-corrected chi connectivity index (χ2v) is 4.74. The van der Waals surface area contributed by atoms with Crippen molar-refractivity contribution in [3.8, 4) is 0 Å². The van der Waals surface area contributed by atoms with Gasteiger partial charge in [-0.2, -0.15) is 0 Å². The summed E-state index contributed by atoms with van der Waals surface area (Å²) in [5.41, 5.74) is 7.17. The Morgan fingerprint density at radius 1 is 1.31 bits per heavy atom. The van der Waals surface area contributed by atoms with Gasteiger partial charge in [0.15, 0.2) is 0 Å². The van der Waals surface area contributed by atoms with Crippen molar-refractivity contribution >= 4 is 15.9 Å². The van der Waals surface area contributed by atoms with Crippen LogP contribution in [-0.4, -0.2) is 6.04 Å². The molecule has 13 heavy (non-hydrogen) atoms. The average Bonchev–Trinajstić information content (AvgIpc) is 2.81. The second-order valence-electron chi connectivity index (χ2n) is 3.82. The lowest BCUT2D eigenvalue weighted by Crippen LogP contribution is -2.02. The van der Waals surface area contributed by atoms with Gasteiger partial charge in [-0.25, -0.2) is 0 Å². The molecule has 1 aliphatic carbocycles. The van der Waals surface area contributed by atoms with Gasteiger partial charge in [-0.1, -0.05) is 28.1 Å². The highest BCUT2D eigenvalue weighted by atomic mass is 79.9. The molecule has 2 N–H and O–H groups in total. The SMILES string of the molecule is NC1CC1CCc1ccc(Br)cc1. The standard InChI is InChI=1S/C11H14BrN/c12-10-5-2-8(3-6-10)1-4-9-7-11(9)13/h2-3,5-6,9,11H,1,4,7,13H2.